The molecule has 0 saturated carbocycles. The summed E-state index contributed by atoms with van der Waals surface area (Å²) in [6.07, 6.45) is 0. The van der Waals surface area contributed by atoms with Crippen LogP contribution in [0.2, 0.25) is 0 Å². The van der Waals surface area contributed by atoms with Crippen LogP contribution in [0, 0.1) is 0 Å². The lowest BCUT2D eigenvalue weighted by Crippen LogP contribution is -2.10. The summed E-state index contributed by atoms with van der Waals surface area (Å²) in [5, 5.41) is 7.19. The number of rotatable bonds is 7. The minimum absolute atomic E-state index is 0.852. The van der Waals surface area contributed by atoms with Gasteiger partial charge in [0.1, 0.15) is 5.58 Å². The molecule has 2 aromatic heterocycles. The second kappa shape index (κ2) is 14.3. The van der Waals surface area contributed by atoms with Gasteiger partial charge in [-0.05, 0) is 93.4 Å². The standard InChI is InChI=1S/C58H38N2O/c1-4-14-39(15-5-1)40-24-30-46(31-25-40)59(53-37-36-48(42-16-6-2-7-17-42)56-52-22-12-13-23-55(52)61-58(53)56)47-32-26-41(27-33-47)44-29-34-50-51-35-28-43-18-10-11-21-49(43)57(51)60(54(50)38-44)45-19-8-3-9-20-45/h1-38H. The minimum Gasteiger partial charge on any atom is -0.454 e. The van der Waals surface area contributed by atoms with Crippen molar-refractivity contribution in [3.05, 3.63) is 231 Å². The lowest BCUT2D eigenvalue weighted by atomic mass is 9.98. The zero-order valence-electron chi connectivity index (χ0n) is 33.2. The monoisotopic (exact) mass is 778 g/mol. The highest BCUT2D eigenvalue weighted by molar-refractivity contribution is 6.19. The zero-order chi connectivity index (χ0) is 40.3. The van der Waals surface area contributed by atoms with E-state index in [1.165, 1.54) is 43.7 Å². The maximum absolute atomic E-state index is 6.85. The predicted octanol–water partition coefficient (Wildman–Crippen LogP) is 16.3. The largest absolute Gasteiger partial charge is 0.454 e. The van der Waals surface area contributed by atoms with Crippen LogP contribution in [0.25, 0.3) is 93.6 Å². The third kappa shape index (κ3) is 5.82. The van der Waals surface area contributed by atoms with E-state index in [4.69, 9.17) is 4.42 Å². The third-order valence-corrected chi connectivity index (χ3v) is 12.2. The van der Waals surface area contributed by atoms with Gasteiger partial charge < -0.3 is 13.9 Å². The van der Waals surface area contributed by atoms with Gasteiger partial charge >= 0.3 is 0 Å². The second-order valence-corrected chi connectivity index (χ2v) is 15.7. The zero-order valence-corrected chi connectivity index (χ0v) is 33.2. The molecule has 3 nitrogen and oxygen atoms in total. The minimum atomic E-state index is 0.852. The average Bonchev–Trinajstić information content (AvgIpc) is 3.90. The topological polar surface area (TPSA) is 21.3 Å². The number of benzene rings is 10. The molecule has 0 spiro atoms. The Labute approximate surface area is 353 Å². The van der Waals surface area contributed by atoms with Gasteiger partial charge in [-0.1, -0.05) is 176 Å². The second-order valence-electron chi connectivity index (χ2n) is 15.7. The van der Waals surface area contributed by atoms with Crippen LogP contribution in [-0.4, -0.2) is 4.57 Å². The Kier molecular flexibility index (Phi) is 8.17. The van der Waals surface area contributed by atoms with Crippen LogP contribution in [0.3, 0.4) is 0 Å². The quantitative estimate of drug-likeness (QED) is 0.161. The number of fused-ring (bicyclic) bond motifs is 8. The molecule has 0 amide bonds. The van der Waals surface area contributed by atoms with E-state index in [1.807, 2.05) is 6.07 Å². The Balaban J connectivity index is 1.03. The normalized spacial score (nSPS) is 11.6. The number of furan rings is 1. The van der Waals surface area contributed by atoms with Crippen molar-refractivity contribution < 1.29 is 4.42 Å². The van der Waals surface area contributed by atoms with Gasteiger partial charge in [-0.25, -0.2) is 0 Å². The average molecular weight is 779 g/mol. The number of nitrogens with zero attached hydrogens (tertiary/aromatic N) is 2. The molecule has 12 rings (SSSR count). The number of para-hydroxylation sites is 2. The van der Waals surface area contributed by atoms with Crippen molar-refractivity contribution in [1.29, 1.82) is 0 Å². The van der Waals surface area contributed by atoms with E-state index in [0.29, 0.717) is 0 Å². The fourth-order valence-corrected chi connectivity index (χ4v) is 9.32. The van der Waals surface area contributed by atoms with E-state index in [0.717, 1.165) is 66.9 Å². The molecule has 2 heterocycles. The van der Waals surface area contributed by atoms with Gasteiger partial charge in [-0.3, -0.25) is 0 Å². The summed E-state index contributed by atoms with van der Waals surface area (Å²) in [6.45, 7) is 0. The molecule has 0 bridgehead atoms. The maximum Gasteiger partial charge on any atom is 0.160 e. The Bertz CT molecular complexity index is 3550. The Morgan fingerprint density at radius 3 is 1.66 bits per heavy atom. The molecule has 0 aliphatic rings. The third-order valence-electron chi connectivity index (χ3n) is 12.2. The molecule has 0 fully saturated rings. The number of hydrogen-bond acceptors (Lipinski definition) is 2. The Morgan fingerprint density at radius 1 is 0.377 bits per heavy atom. The van der Waals surface area contributed by atoms with Crippen molar-refractivity contribution in [3.8, 4) is 39.1 Å². The van der Waals surface area contributed by atoms with Crippen molar-refractivity contribution in [3.63, 3.8) is 0 Å². The number of hydrogen-bond donors (Lipinski definition) is 0. The van der Waals surface area contributed by atoms with E-state index in [-0.39, 0.29) is 0 Å². The number of aromatic nitrogens is 1. The summed E-state index contributed by atoms with van der Waals surface area (Å²) in [4.78, 5) is 2.33. The molecule has 12 aromatic rings. The summed E-state index contributed by atoms with van der Waals surface area (Å²) in [5.41, 5.74) is 15.3. The molecule has 0 radical (unpaired) electrons. The van der Waals surface area contributed by atoms with E-state index in [9.17, 15) is 0 Å². The van der Waals surface area contributed by atoms with E-state index < -0.39 is 0 Å². The lowest BCUT2D eigenvalue weighted by molar-refractivity contribution is 0.669. The molecule has 0 aliphatic carbocycles. The Hall–Kier alpha value is -8.14. The molecule has 0 atom stereocenters. The van der Waals surface area contributed by atoms with Crippen LogP contribution in [0.4, 0.5) is 17.1 Å². The van der Waals surface area contributed by atoms with Gasteiger partial charge in [-0.15, -0.1) is 0 Å². The fraction of sp³-hybridized carbons (Fsp3) is 0. The summed E-state index contributed by atoms with van der Waals surface area (Å²) in [6, 6.07) is 82.7. The van der Waals surface area contributed by atoms with Crippen molar-refractivity contribution in [2.45, 2.75) is 0 Å². The smallest absolute Gasteiger partial charge is 0.160 e. The van der Waals surface area contributed by atoms with Crippen molar-refractivity contribution in [2.75, 3.05) is 4.90 Å². The molecule has 10 aromatic carbocycles. The van der Waals surface area contributed by atoms with Crippen LogP contribution in [0.1, 0.15) is 0 Å². The van der Waals surface area contributed by atoms with Gasteiger partial charge in [0.05, 0.1) is 16.7 Å². The summed E-state index contributed by atoms with van der Waals surface area (Å²) < 4.78 is 9.29. The first-order chi connectivity index (χ1) is 30.3. The highest BCUT2D eigenvalue weighted by Gasteiger charge is 2.23. The first-order valence-corrected chi connectivity index (χ1v) is 20.8. The number of anilines is 3. The molecular weight excluding hydrogens is 741 g/mol. The van der Waals surface area contributed by atoms with Crippen molar-refractivity contribution in [2.24, 2.45) is 0 Å². The summed E-state index contributed by atoms with van der Waals surface area (Å²) >= 11 is 0. The van der Waals surface area contributed by atoms with Crippen molar-refractivity contribution >= 4 is 71.6 Å². The fourth-order valence-electron chi connectivity index (χ4n) is 9.32. The van der Waals surface area contributed by atoms with Crippen LogP contribution >= 0.6 is 0 Å². The van der Waals surface area contributed by atoms with Gasteiger partial charge in [-0.2, -0.15) is 0 Å². The lowest BCUT2D eigenvalue weighted by Gasteiger charge is -2.26. The molecule has 0 unspecified atom stereocenters. The molecule has 0 aliphatic heterocycles. The first kappa shape index (κ1) is 34.9. The SMILES string of the molecule is c1ccc(-c2ccc(N(c3ccc(-c4ccc5c6ccc7ccccc7c6n(-c6ccccc6)c5c4)cc3)c3ccc(-c4ccccc4)c4c3oc3ccccc34)cc2)cc1. The molecule has 3 heteroatoms. The summed E-state index contributed by atoms with van der Waals surface area (Å²) in [5.74, 6) is 0. The van der Waals surface area contributed by atoms with Gasteiger partial charge in [0.2, 0.25) is 0 Å². The molecule has 0 saturated heterocycles. The van der Waals surface area contributed by atoms with Crippen molar-refractivity contribution in [1.82, 2.24) is 4.57 Å². The molecular formula is C58H38N2O. The van der Waals surface area contributed by atoms with E-state index in [2.05, 4.69) is 234 Å². The molecule has 286 valence electrons. The van der Waals surface area contributed by atoms with Crippen LogP contribution < -0.4 is 4.90 Å². The highest BCUT2D eigenvalue weighted by Crippen LogP contribution is 2.46. The molecule has 61 heavy (non-hydrogen) atoms. The van der Waals surface area contributed by atoms with E-state index >= 15 is 0 Å². The molecule has 0 N–H and O–H groups in total. The van der Waals surface area contributed by atoms with Gasteiger partial charge in [0, 0.05) is 44.0 Å². The summed E-state index contributed by atoms with van der Waals surface area (Å²) in [7, 11) is 0. The van der Waals surface area contributed by atoms with Crippen LogP contribution in [0.5, 0.6) is 0 Å². The van der Waals surface area contributed by atoms with Crippen LogP contribution in [-0.2, 0) is 0 Å². The van der Waals surface area contributed by atoms with Crippen LogP contribution in [0.15, 0.2) is 235 Å². The Morgan fingerprint density at radius 2 is 0.934 bits per heavy atom. The van der Waals surface area contributed by atoms with Gasteiger partial charge in [0.25, 0.3) is 0 Å². The highest BCUT2D eigenvalue weighted by atomic mass is 16.3. The first-order valence-electron chi connectivity index (χ1n) is 20.8. The maximum atomic E-state index is 6.85. The van der Waals surface area contributed by atoms with E-state index in [1.54, 1.807) is 0 Å². The van der Waals surface area contributed by atoms with Gasteiger partial charge in [0.15, 0.2) is 5.58 Å². The predicted molar refractivity (Wildman–Crippen MR) is 257 cm³/mol.